The third-order valence-corrected chi connectivity index (χ3v) is 2.45. The molecule has 0 heterocycles. The van der Waals surface area contributed by atoms with Crippen LogP contribution in [0, 0.1) is 0 Å². The maximum absolute atomic E-state index is 3.31. The van der Waals surface area contributed by atoms with E-state index in [2.05, 4.69) is 19.2 Å². The normalized spacial score (nSPS) is 10.0. The quantitative estimate of drug-likeness (QED) is 0.477. The average molecular weight is 165 g/mol. The summed E-state index contributed by atoms with van der Waals surface area (Å²) in [4.78, 5) is 0. The van der Waals surface area contributed by atoms with Crippen molar-refractivity contribution in [2.75, 3.05) is 23.3 Å². The van der Waals surface area contributed by atoms with E-state index in [1.54, 1.807) is 0 Å². The van der Waals surface area contributed by atoms with Crippen molar-refractivity contribution in [1.29, 1.82) is 0 Å². The second-order valence-corrected chi connectivity index (χ2v) is 4.07. The standard InChI is InChI=1S/C6H15NS2/c1-3-8-5-7-6-9-4-2/h7H,3-6H2,1-2H3. The first kappa shape index (κ1) is 9.66. The van der Waals surface area contributed by atoms with E-state index in [9.17, 15) is 0 Å². The molecule has 0 unspecified atom stereocenters. The van der Waals surface area contributed by atoms with Crippen molar-refractivity contribution in [1.82, 2.24) is 5.32 Å². The Labute approximate surface area is 66.4 Å². The molecule has 0 bridgehead atoms. The van der Waals surface area contributed by atoms with Gasteiger partial charge in [0.25, 0.3) is 0 Å². The van der Waals surface area contributed by atoms with Crippen molar-refractivity contribution >= 4 is 23.5 Å². The fourth-order valence-corrected chi connectivity index (χ4v) is 1.42. The molecule has 0 aliphatic carbocycles. The molecule has 0 aliphatic heterocycles. The van der Waals surface area contributed by atoms with Crippen LogP contribution >= 0.6 is 23.5 Å². The zero-order valence-corrected chi connectivity index (χ0v) is 7.78. The van der Waals surface area contributed by atoms with Gasteiger partial charge in [0.05, 0.1) is 0 Å². The van der Waals surface area contributed by atoms with Crippen molar-refractivity contribution in [2.24, 2.45) is 0 Å². The van der Waals surface area contributed by atoms with Crippen molar-refractivity contribution < 1.29 is 0 Å². The van der Waals surface area contributed by atoms with Crippen molar-refractivity contribution in [3.8, 4) is 0 Å². The molecule has 0 radical (unpaired) electrons. The highest BCUT2D eigenvalue weighted by molar-refractivity contribution is 8.00. The lowest BCUT2D eigenvalue weighted by Crippen LogP contribution is -2.11. The van der Waals surface area contributed by atoms with Gasteiger partial charge in [0.15, 0.2) is 0 Å². The Morgan fingerprint density at radius 3 is 1.78 bits per heavy atom. The van der Waals surface area contributed by atoms with Gasteiger partial charge in [-0.25, -0.2) is 0 Å². The van der Waals surface area contributed by atoms with Crippen LogP contribution in [-0.2, 0) is 0 Å². The monoisotopic (exact) mass is 165 g/mol. The van der Waals surface area contributed by atoms with E-state index < -0.39 is 0 Å². The molecule has 0 saturated carbocycles. The molecule has 0 aliphatic rings. The van der Waals surface area contributed by atoms with E-state index in [-0.39, 0.29) is 0 Å². The number of rotatable bonds is 6. The van der Waals surface area contributed by atoms with Gasteiger partial charge in [-0.1, -0.05) is 13.8 Å². The van der Waals surface area contributed by atoms with Gasteiger partial charge in [-0.15, -0.1) is 23.5 Å². The molecule has 56 valence electrons. The van der Waals surface area contributed by atoms with Crippen molar-refractivity contribution in [2.45, 2.75) is 13.8 Å². The molecule has 0 amide bonds. The van der Waals surface area contributed by atoms with Gasteiger partial charge in [-0.05, 0) is 11.5 Å². The molecule has 3 heteroatoms. The summed E-state index contributed by atoms with van der Waals surface area (Å²) in [6.07, 6.45) is 0. The van der Waals surface area contributed by atoms with Crippen LogP contribution in [0.25, 0.3) is 0 Å². The summed E-state index contributed by atoms with van der Waals surface area (Å²) in [7, 11) is 0. The highest BCUT2D eigenvalue weighted by atomic mass is 32.2. The average Bonchev–Trinajstić information content (AvgIpc) is 1.89. The van der Waals surface area contributed by atoms with E-state index in [1.807, 2.05) is 23.5 Å². The van der Waals surface area contributed by atoms with Gasteiger partial charge in [0.1, 0.15) is 0 Å². The molecule has 0 fully saturated rings. The highest BCUT2D eigenvalue weighted by Gasteiger charge is 1.83. The number of hydrogen-bond donors (Lipinski definition) is 1. The van der Waals surface area contributed by atoms with Crippen LogP contribution in [0.3, 0.4) is 0 Å². The Balaban J connectivity index is 2.60. The third-order valence-electron chi connectivity index (χ3n) is 0.816. The van der Waals surface area contributed by atoms with E-state index in [0.717, 1.165) is 11.8 Å². The summed E-state index contributed by atoms with van der Waals surface area (Å²) in [5.41, 5.74) is 0. The van der Waals surface area contributed by atoms with E-state index in [1.165, 1.54) is 11.5 Å². The number of nitrogens with one attached hydrogen (secondary N) is 1. The Bertz CT molecular complexity index is 44.3. The van der Waals surface area contributed by atoms with E-state index in [4.69, 9.17) is 0 Å². The van der Waals surface area contributed by atoms with Gasteiger partial charge in [-0.3, -0.25) is 5.32 Å². The third kappa shape index (κ3) is 8.66. The maximum atomic E-state index is 3.31. The molecular formula is C6H15NS2. The summed E-state index contributed by atoms with van der Waals surface area (Å²) in [6, 6.07) is 0. The van der Waals surface area contributed by atoms with Gasteiger partial charge in [0, 0.05) is 11.8 Å². The molecule has 0 saturated heterocycles. The van der Waals surface area contributed by atoms with Crippen LogP contribution in [0.2, 0.25) is 0 Å². The van der Waals surface area contributed by atoms with Gasteiger partial charge in [0.2, 0.25) is 0 Å². The Hall–Kier alpha value is 0.660. The SMILES string of the molecule is CCSCNCSCC. The van der Waals surface area contributed by atoms with E-state index >= 15 is 0 Å². The molecule has 0 atom stereocenters. The zero-order chi connectivity index (χ0) is 6.95. The fraction of sp³-hybridized carbons (Fsp3) is 1.00. The first-order valence-corrected chi connectivity index (χ1v) is 5.59. The second-order valence-electron chi connectivity index (χ2n) is 1.52. The lowest BCUT2D eigenvalue weighted by atomic mass is 11.0. The zero-order valence-electron chi connectivity index (χ0n) is 6.14. The minimum Gasteiger partial charge on any atom is -0.299 e. The fourth-order valence-electron chi connectivity index (χ4n) is 0.390. The Morgan fingerprint density at radius 2 is 1.44 bits per heavy atom. The minimum atomic E-state index is 1.10. The molecule has 1 N–H and O–H groups in total. The molecule has 9 heavy (non-hydrogen) atoms. The van der Waals surface area contributed by atoms with Crippen molar-refractivity contribution in [3.05, 3.63) is 0 Å². The van der Waals surface area contributed by atoms with Crippen LogP contribution in [0.1, 0.15) is 13.8 Å². The van der Waals surface area contributed by atoms with Gasteiger partial charge < -0.3 is 0 Å². The molecule has 0 aromatic heterocycles. The molecule has 0 spiro atoms. The van der Waals surface area contributed by atoms with Crippen LogP contribution < -0.4 is 5.32 Å². The predicted molar refractivity (Wildman–Crippen MR) is 49.1 cm³/mol. The topological polar surface area (TPSA) is 12.0 Å². The van der Waals surface area contributed by atoms with E-state index in [0.29, 0.717) is 0 Å². The second kappa shape index (κ2) is 8.66. The Morgan fingerprint density at radius 1 is 1.00 bits per heavy atom. The minimum absolute atomic E-state index is 1.10. The summed E-state index contributed by atoms with van der Waals surface area (Å²) in [5.74, 6) is 4.63. The molecule has 0 aromatic rings. The largest absolute Gasteiger partial charge is 0.299 e. The van der Waals surface area contributed by atoms with Crippen molar-refractivity contribution in [3.63, 3.8) is 0 Å². The Kier molecular flexibility index (Phi) is 9.30. The molecule has 0 aromatic carbocycles. The number of thioether (sulfide) groups is 2. The molecular weight excluding hydrogens is 150 g/mol. The summed E-state index contributed by atoms with van der Waals surface area (Å²) >= 11 is 3.87. The highest BCUT2D eigenvalue weighted by Crippen LogP contribution is 1.97. The smallest absolute Gasteiger partial charge is 0.0424 e. The summed E-state index contributed by atoms with van der Waals surface area (Å²) in [5, 5.41) is 3.31. The summed E-state index contributed by atoms with van der Waals surface area (Å²) < 4.78 is 0. The first-order chi connectivity index (χ1) is 4.41. The molecule has 1 nitrogen and oxygen atoms in total. The van der Waals surface area contributed by atoms with Crippen LogP contribution in [0.15, 0.2) is 0 Å². The number of hydrogen-bond acceptors (Lipinski definition) is 3. The summed E-state index contributed by atoms with van der Waals surface area (Å²) in [6.45, 7) is 4.36. The van der Waals surface area contributed by atoms with Crippen LogP contribution in [0.4, 0.5) is 0 Å². The first-order valence-electron chi connectivity index (χ1n) is 3.28. The van der Waals surface area contributed by atoms with Crippen LogP contribution in [-0.4, -0.2) is 23.3 Å². The van der Waals surface area contributed by atoms with Gasteiger partial charge >= 0.3 is 0 Å². The van der Waals surface area contributed by atoms with Gasteiger partial charge in [-0.2, -0.15) is 0 Å². The lowest BCUT2D eigenvalue weighted by molar-refractivity contribution is 0.948. The lowest BCUT2D eigenvalue weighted by Gasteiger charge is -1.99. The maximum Gasteiger partial charge on any atom is 0.0424 e. The van der Waals surface area contributed by atoms with Crippen LogP contribution in [0.5, 0.6) is 0 Å². The molecule has 0 rings (SSSR count). The predicted octanol–water partition coefficient (Wildman–Crippen LogP) is 2.00.